The Bertz CT molecular complexity index is 2390. The van der Waals surface area contributed by atoms with Gasteiger partial charge in [-0.25, -0.2) is 13.4 Å². The highest BCUT2D eigenvalue weighted by Gasteiger charge is 2.54. The summed E-state index contributed by atoms with van der Waals surface area (Å²) in [7, 11) is -3.83. The van der Waals surface area contributed by atoms with Gasteiger partial charge in [-0.15, -0.1) is 0 Å². The zero-order valence-corrected chi connectivity index (χ0v) is 30.9. The normalized spacial score (nSPS) is 17.5. The average Bonchev–Trinajstić information content (AvgIpc) is 3.78. The fourth-order valence-corrected chi connectivity index (χ4v) is 8.84. The minimum atomic E-state index is -3.83. The zero-order valence-electron chi connectivity index (χ0n) is 30.0. The quantitative estimate of drug-likeness (QED) is 0.115. The number of nitrogens with one attached hydrogen (secondary N) is 1. The second-order valence-corrected chi connectivity index (χ2v) is 15.8. The monoisotopic (exact) mass is 748 g/mol. The molecule has 2 atom stereocenters. The SMILES string of the molecule is O=C(NC1c2ccccc2-c2ccccc21)[C@]1(CCS(=O)(=O)c2ccccc2)N=C(c2ccc(OCCCO)cc2)O[C@@H]1c1ccc(-c2ccccc2)cc1. The highest BCUT2D eigenvalue weighted by Crippen LogP contribution is 2.47. The van der Waals surface area contributed by atoms with Crippen molar-refractivity contribution >= 4 is 21.6 Å². The summed E-state index contributed by atoms with van der Waals surface area (Å²) in [5.74, 6) is 0.0424. The first-order valence-corrected chi connectivity index (χ1v) is 20.0. The van der Waals surface area contributed by atoms with Gasteiger partial charge in [0.2, 0.25) is 5.90 Å². The molecule has 8 rings (SSSR count). The van der Waals surface area contributed by atoms with Crippen LogP contribution < -0.4 is 10.1 Å². The van der Waals surface area contributed by atoms with Crippen molar-refractivity contribution in [3.05, 3.63) is 180 Å². The van der Waals surface area contributed by atoms with Gasteiger partial charge in [-0.05, 0) is 75.3 Å². The lowest BCUT2D eigenvalue weighted by atomic mass is 9.84. The Morgan fingerprint density at radius 3 is 1.91 bits per heavy atom. The summed E-state index contributed by atoms with van der Waals surface area (Å²) >= 11 is 0. The van der Waals surface area contributed by atoms with Crippen LogP contribution in [0.5, 0.6) is 5.75 Å². The predicted octanol–water partition coefficient (Wildman–Crippen LogP) is 8.12. The molecule has 0 fully saturated rings. The molecule has 6 aromatic carbocycles. The Kier molecular flexibility index (Phi) is 10.1. The number of rotatable bonds is 13. The maximum Gasteiger partial charge on any atom is 0.253 e. The van der Waals surface area contributed by atoms with E-state index in [1.807, 2.05) is 103 Å². The van der Waals surface area contributed by atoms with Crippen LogP contribution in [-0.4, -0.2) is 49.8 Å². The summed E-state index contributed by atoms with van der Waals surface area (Å²) in [5, 5.41) is 12.5. The van der Waals surface area contributed by atoms with Crippen LogP contribution in [-0.2, 0) is 19.4 Å². The summed E-state index contributed by atoms with van der Waals surface area (Å²) in [4.78, 5) is 20.6. The first-order valence-electron chi connectivity index (χ1n) is 18.4. The van der Waals surface area contributed by atoms with E-state index in [9.17, 15) is 13.5 Å². The first-order chi connectivity index (χ1) is 26.9. The Balaban J connectivity index is 1.23. The van der Waals surface area contributed by atoms with Crippen LogP contribution in [0.3, 0.4) is 0 Å². The highest BCUT2D eigenvalue weighted by atomic mass is 32.2. The molecule has 6 aromatic rings. The molecule has 1 heterocycles. The molecule has 8 nitrogen and oxygen atoms in total. The number of aliphatic imine (C=N–C) groups is 1. The Morgan fingerprint density at radius 1 is 0.709 bits per heavy atom. The van der Waals surface area contributed by atoms with E-state index in [-0.39, 0.29) is 29.6 Å². The third-order valence-corrected chi connectivity index (χ3v) is 12.0. The molecule has 1 aliphatic heterocycles. The number of hydrogen-bond donors (Lipinski definition) is 2. The molecule has 9 heteroatoms. The molecule has 0 bridgehead atoms. The van der Waals surface area contributed by atoms with Gasteiger partial charge in [-0.3, -0.25) is 4.79 Å². The third kappa shape index (κ3) is 7.16. The summed E-state index contributed by atoms with van der Waals surface area (Å²) in [6, 6.07) is 48.8. The Hall–Kier alpha value is -6.03. The number of carbonyl (C=O) groups is 1. The molecule has 55 heavy (non-hydrogen) atoms. The van der Waals surface area contributed by atoms with Crippen molar-refractivity contribution in [3.8, 4) is 28.0 Å². The number of nitrogens with zero attached hydrogens (tertiary/aromatic N) is 1. The van der Waals surface area contributed by atoms with Crippen LogP contribution in [0.1, 0.15) is 47.2 Å². The van der Waals surface area contributed by atoms with Crippen molar-refractivity contribution in [2.24, 2.45) is 4.99 Å². The lowest BCUT2D eigenvalue weighted by Crippen LogP contribution is -2.50. The van der Waals surface area contributed by atoms with E-state index < -0.39 is 33.4 Å². The maximum atomic E-state index is 15.3. The number of hydrogen-bond acceptors (Lipinski definition) is 7. The topological polar surface area (TPSA) is 114 Å². The van der Waals surface area contributed by atoms with Crippen molar-refractivity contribution in [3.63, 3.8) is 0 Å². The number of carbonyl (C=O) groups excluding carboxylic acids is 1. The lowest BCUT2D eigenvalue weighted by Gasteiger charge is -2.32. The highest BCUT2D eigenvalue weighted by molar-refractivity contribution is 7.91. The van der Waals surface area contributed by atoms with E-state index in [0.717, 1.165) is 33.4 Å². The van der Waals surface area contributed by atoms with Gasteiger partial charge in [-0.1, -0.05) is 121 Å². The molecule has 0 radical (unpaired) electrons. The number of sulfone groups is 1. The minimum Gasteiger partial charge on any atom is -0.494 e. The molecule has 0 saturated carbocycles. The van der Waals surface area contributed by atoms with Crippen molar-refractivity contribution in [1.82, 2.24) is 5.32 Å². The van der Waals surface area contributed by atoms with Crippen LogP contribution in [0.2, 0.25) is 0 Å². The zero-order chi connectivity index (χ0) is 37.8. The second-order valence-electron chi connectivity index (χ2n) is 13.7. The Morgan fingerprint density at radius 2 is 1.27 bits per heavy atom. The third-order valence-electron chi connectivity index (χ3n) is 10.3. The molecule has 2 aliphatic rings. The smallest absolute Gasteiger partial charge is 0.253 e. The molecule has 276 valence electrons. The predicted molar refractivity (Wildman–Crippen MR) is 214 cm³/mol. The van der Waals surface area contributed by atoms with Gasteiger partial charge in [-0.2, -0.15) is 0 Å². The van der Waals surface area contributed by atoms with Crippen molar-refractivity contribution in [2.45, 2.75) is 35.4 Å². The van der Waals surface area contributed by atoms with E-state index in [1.165, 1.54) is 0 Å². The maximum absolute atomic E-state index is 15.3. The van der Waals surface area contributed by atoms with Crippen LogP contribution in [0.15, 0.2) is 168 Å². The van der Waals surface area contributed by atoms with E-state index in [0.29, 0.717) is 29.9 Å². The number of fused-ring (bicyclic) bond motifs is 3. The fourth-order valence-electron chi connectivity index (χ4n) is 7.45. The molecular weight excluding hydrogens is 709 g/mol. The summed E-state index contributed by atoms with van der Waals surface area (Å²) in [5.41, 5.74) is 5.60. The number of ether oxygens (including phenoxy) is 2. The summed E-state index contributed by atoms with van der Waals surface area (Å²) in [6.07, 6.45) is -0.615. The number of aliphatic hydroxyl groups is 1. The largest absolute Gasteiger partial charge is 0.494 e. The van der Waals surface area contributed by atoms with Gasteiger partial charge in [0.05, 0.1) is 23.3 Å². The lowest BCUT2D eigenvalue weighted by molar-refractivity contribution is -0.129. The van der Waals surface area contributed by atoms with E-state index >= 15 is 4.79 Å². The van der Waals surface area contributed by atoms with E-state index in [2.05, 4.69) is 5.32 Å². The van der Waals surface area contributed by atoms with Gasteiger partial charge in [0.15, 0.2) is 21.5 Å². The number of aliphatic hydroxyl groups excluding tert-OH is 1. The summed E-state index contributed by atoms with van der Waals surface area (Å²) < 4.78 is 40.3. The minimum absolute atomic E-state index is 0.0264. The average molecular weight is 749 g/mol. The molecule has 0 unspecified atom stereocenters. The van der Waals surface area contributed by atoms with Crippen LogP contribution in [0.25, 0.3) is 22.3 Å². The van der Waals surface area contributed by atoms with E-state index in [4.69, 9.17) is 14.5 Å². The van der Waals surface area contributed by atoms with Gasteiger partial charge < -0.3 is 19.9 Å². The number of benzene rings is 6. The van der Waals surface area contributed by atoms with Gasteiger partial charge in [0.1, 0.15) is 5.75 Å². The van der Waals surface area contributed by atoms with Crippen LogP contribution in [0, 0.1) is 0 Å². The van der Waals surface area contributed by atoms with Crippen LogP contribution in [0.4, 0.5) is 0 Å². The fraction of sp³-hybridized carbons (Fsp3) is 0.174. The second kappa shape index (κ2) is 15.4. The van der Waals surface area contributed by atoms with Crippen molar-refractivity contribution in [2.75, 3.05) is 19.0 Å². The van der Waals surface area contributed by atoms with E-state index in [1.54, 1.807) is 54.6 Å². The molecule has 2 N–H and O–H groups in total. The standard InChI is InChI=1S/C46H40N2O6S/c49-29-11-30-53-36-26-24-35(25-27-36)44-48-46(28-31-55(51,52)37-14-5-2-6-15-37,43(54-44)34-22-20-33(21-23-34)32-12-3-1-4-13-32)45(50)47-42-40-18-9-7-16-38(40)39-17-8-10-19-41(39)42/h1-10,12-27,42-43,49H,11,28-31H2,(H,47,50)/t43-,46-/m1/s1. The van der Waals surface area contributed by atoms with Crippen molar-refractivity contribution in [1.29, 1.82) is 0 Å². The summed E-state index contributed by atoms with van der Waals surface area (Å²) in [6.45, 7) is 0.388. The molecule has 1 amide bonds. The first kappa shape index (κ1) is 36.0. The van der Waals surface area contributed by atoms with Gasteiger partial charge >= 0.3 is 0 Å². The molecular formula is C46H40N2O6S. The molecule has 0 aromatic heterocycles. The van der Waals surface area contributed by atoms with Gasteiger partial charge in [0, 0.05) is 25.0 Å². The van der Waals surface area contributed by atoms with Gasteiger partial charge in [0.25, 0.3) is 5.91 Å². The molecule has 0 spiro atoms. The molecule has 0 saturated heterocycles. The Labute approximate surface area is 321 Å². The van der Waals surface area contributed by atoms with Crippen molar-refractivity contribution < 1.29 is 27.8 Å². The number of amides is 1. The van der Waals surface area contributed by atoms with Crippen LogP contribution >= 0.6 is 0 Å². The molecule has 1 aliphatic carbocycles.